The van der Waals surface area contributed by atoms with Gasteiger partial charge in [-0.25, -0.2) is 9.67 Å². The van der Waals surface area contributed by atoms with Gasteiger partial charge in [0.1, 0.15) is 18.7 Å². The third kappa shape index (κ3) is 3.24. The average molecular weight is 281 g/mol. The van der Waals surface area contributed by atoms with Gasteiger partial charge >= 0.3 is 0 Å². The van der Waals surface area contributed by atoms with E-state index in [4.69, 9.17) is 16.3 Å². The lowest BCUT2D eigenvalue weighted by Gasteiger charge is -2.12. The number of ether oxygens (including phenoxy) is 1. The lowest BCUT2D eigenvalue weighted by molar-refractivity contribution is 0.284. The largest absolute Gasteiger partial charge is 0.484 e. The Hall–Kier alpha value is -1.59. The molecule has 0 saturated carbocycles. The van der Waals surface area contributed by atoms with Crippen molar-refractivity contribution in [2.45, 2.75) is 26.6 Å². The van der Waals surface area contributed by atoms with Gasteiger partial charge in [0.15, 0.2) is 5.82 Å². The second-order valence-corrected chi connectivity index (χ2v) is 4.45. The fraction of sp³-hybridized carbons (Fsp3) is 0.385. The summed E-state index contributed by atoms with van der Waals surface area (Å²) < 4.78 is 7.61. The van der Waals surface area contributed by atoms with Crippen LogP contribution >= 0.6 is 11.6 Å². The van der Waals surface area contributed by atoms with Crippen molar-refractivity contribution >= 4 is 11.6 Å². The number of rotatable bonds is 6. The number of hydrogen-bond acceptors (Lipinski definition) is 4. The Labute approximate surface area is 117 Å². The van der Waals surface area contributed by atoms with Crippen molar-refractivity contribution in [3.05, 3.63) is 40.9 Å². The lowest BCUT2D eigenvalue weighted by Crippen LogP contribution is -2.10. The van der Waals surface area contributed by atoms with Gasteiger partial charge in [-0.2, -0.15) is 5.10 Å². The summed E-state index contributed by atoms with van der Waals surface area (Å²) in [5.41, 5.74) is 1.03. The number of nitrogens with one attached hydrogen (secondary N) is 1. The summed E-state index contributed by atoms with van der Waals surface area (Å²) in [4.78, 5) is 4.18. The van der Waals surface area contributed by atoms with E-state index in [-0.39, 0.29) is 0 Å². The van der Waals surface area contributed by atoms with E-state index in [0.717, 1.165) is 17.9 Å². The first-order valence-corrected chi connectivity index (χ1v) is 6.55. The predicted octanol–water partition coefficient (Wildman–Crippen LogP) is 2.25. The molecule has 1 heterocycles. The first-order chi connectivity index (χ1) is 9.26. The SMILES string of the molecule is CCn1ncnc1COc1c(Cl)cccc1CNC. The minimum atomic E-state index is 0.355. The molecule has 0 fully saturated rings. The van der Waals surface area contributed by atoms with Crippen LogP contribution in [0.15, 0.2) is 24.5 Å². The van der Waals surface area contributed by atoms with Crippen molar-refractivity contribution in [1.82, 2.24) is 20.1 Å². The van der Waals surface area contributed by atoms with Crippen LogP contribution in [0.2, 0.25) is 5.02 Å². The third-order valence-corrected chi connectivity index (χ3v) is 3.05. The number of para-hydroxylation sites is 1. The summed E-state index contributed by atoms with van der Waals surface area (Å²) in [6, 6.07) is 5.72. The Morgan fingerprint density at radius 1 is 1.42 bits per heavy atom. The molecule has 102 valence electrons. The molecular formula is C13H17ClN4O. The highest BCUT2D eigenvalue weighted by Gasteiger charge is 2.10. The van der Waals surface area contributed by atoms with Crippen LogP contribution in [-0.4, -0.2) is 21.8 Å². The van der Waals surface area contributed by atoms with E-state index in [1.54, 1.807) is 4.68 Å². The van der Waals surface area contributed by atoms with Crippen molar-refractivity contribution < 1.29 is 4.74 Å². The number of nitrogens with zero attached hydrogens (tertiary/aromatic N) is 3. The quantitative estimate of drug-likeness (QED) is 0.882. The Bertz CT molecular complexity index is 541. The summed E-state index contributed by atoms with van der Waals surface area (Å²) >= 11 is 6.18. The molecule has 0 aliphatic heterocycles. The Balaban J connectivity index is 2.15. The van der Waals surface area contributed by atoms with E-state index in [1.807, 2.05) is 32.2 Å². The fourth-order valence-electron chi connectivity index (χ4n) is 1.85. The maximum atomic E-state index is 6.18. The minimum Gasteiger partial charge on any atom is -0.484 e. The molecule has 1 aromatic carbocycles. The van der Waals surface area contributed by atoms with Crippen LogP contribution in [0, 0.1) is 0 Å². The van der Waals surface area contributed by atoms with Gasteiger partial charge < -0.3 is 10.1 Å². The van der Waals surface area contributed by atoms with E-state index in [2.05, 4.69) is 15.4 Å². The maximum absolute atomic E-state index is 6.18. The first-order valence-electron chi connectivity index (χ1n) is 6.17. The number of aryl methyl sites for hydroxylation is 1. The standard InChI is InChI=1S/C13H17ClN4O/c1-3-18-12(16-9-17-18)8-19-13-10(7-15-2)5-4-6-11(13)14/h4-6,9,15H,3,7-8H2,1-2H3. The maximum Gasteiger partial charge on any atom is 0.164 e. The molecule has 0 saturated heterocycles. The van der Waals surface area contributed by atoms with E-state index in [0.29, 0.717) is 23.9 Å². The molecule has 0 bridgehead atoms. The van der Waals surface area contributed by atoms with E-state index in [9.17, 15) is 0 Å². The molecule has 19 heavy (non-hydrogen) atoms. The normalized spacial score (nSPS) is 10.7. The van der Waals surface area contributed by atoms with E-state index >= 15 is 0 Å². The number of halogens is 1. The molecule has 1 aromatic heterocycles. The van der Waals surface area contributed by atoms with Crippen molar-refractivity contribution in [2.75, 3.05) is 7.05 Å². The highest BCUT2D eigenvalue weighted by Crippen LogP contribution is 2.29. The number of benzene rings is 1. The lowest BCUT2D eigenvalue weighted by atomic mass is 10.2. The molecule has 0 aliphatic rings. The highest BCUT2D eigenvalue weighted by atomic mass is 35.5. The molecule has 2 rings (SSSR count). The monoisotopic (exact) mass is 280 g/mol. The van der Waals surface area contributed by atoms with E-state index < -0.39 is 0 Å². The third-order valence-electron chi connectivity index (χ3n) is 2.76. The fourth-order valence-corrected chi connectivity index (χ4v) is 2.09. The number of hydrogen-bond donors (Lipinski definition) is 1. The van der Waals surface area contributed by atoms with E-state index in [1.165, 1.54) is 6.33 Å². The van der Waals surface area contributed by atoms with Crippen LogP contribution in [-0.2, 0) is 19.7 Å². The van der Waals surface area contributed by atoms with Gasteiger partial charge in [0.25, 0.3) is 0 Å². The molecule has 2 aromatic rings. The average Bonchev–Trinajstić information content (AvgIpc) is 2.86. The molecule has 0 radical (unpaired) electrons. The second-order valence-electron chi connectivity index (χ2n) is 4.04. The molecule has 0 atom stereocenters. The highest BCUT2D eigenvalue weighted by molar-refractivity contribution is 6.32. The van der Waals surface area contributed by atoms with Crippen LogP contribution in [0.5, 0.6) is 5.75 Å². The molecule has 0 spiro atoms. The van der Waals surface area contributed by atoms with Crippen LogP contribution < -0.4 is 10.1 Å². The zero-order valence-corrected chi connectivity index (χ0v) is 11.8. The molecule has 0 aliphatic carbocycles. The predicted molar refractivity (Wildman–Crippen MR) is 74.2 cm³/mol. The summed E-state index contributed by atoms with van der Waals surface area (Å²) in [6.07, 6.45) is 1.53. The molecule has 0 amide bonds. The van der Waals surface area contributed by atoms with Crippen LogP contribution in [0.25, 0.3) is 0 Å². The molecule has 5 nitrogen and oxygen atoms in total. The van der Waals surface area contributed by atoms with Gasteiger partial charge in [0.2, 0.25) is 0 Å². The zero-order valence-electron chi connectivity index (χ0n) is 11.1. The smallest absolute Gasteiger partial charge is 0.164 e. The first kappa shape index (κ1) is 13.8. The molecule has 1 N–H and O–H groups in total. The Morgan fingerprint density at radius 2 is 2.26 bits per heavy atom. The van der Waals surface area contributed by atoms with Gasteiger partial charge in [0, 0.05) is 18.7 Å². The van der Waals surface area contributed by atoms with Gasteiger partial charge in [-0.3, -0.25) is 0 Å². The summed E-state index contributed by atoms with van der Waals surface area (Å²) in [6.45, 7) is 3.84. The number of aromatic nitrogens is 3. The zero-order chi connectivity index (χ0) is 13.7. The van der Waals surface area contributed by atoms with Crippen molar-refractivity contribution in [3.63, 3.8) is 0 Å². The Morgan fingerprint density at radius 3 is 3.00 bits per heavy atom. The molecule has 6 heteroatoms. The van der Waals surface area contributed by atoms with Crippen molar-refractivity contribution in [2.24, 2.45) is 0 Å². The van der Waals surface area contributed by atoms with Crippen molar-refractivity contribution in [1.29, 1.82) is 0 Å². The van der Waals surface area contributed by atoms with Crippen LogP contribution in [0.3, 0.4) is 0 Å². The van der Waals surface area contributed by atoms with Crippen LogP contribution in [0.1, 0.15) is 18.3 Å². The van der Waals surface area contributed by atoms with Gasteiger partial charge in [0.05, 0.1) is 5.02 Å². The second kappa shape index (κ2) is 6.54. The topological polar surface area (TPSA) is 52.0 Å². The molecule has 0 unspecified atom stereocenters. The van der Waals surface area contributed by atoms with Crippen molar-refractivity contribution in [3.8, 4) is 5.75 Å². The Kier molecular flexibility index (Phi) is 4.76. The van der Waals surface area contributed by atoms with Gasteiger partial charge in [-0.1, -0.05) is 23.7 Å². The van der Waals surface area contributed by atoms with Gasteiger partial charge in [-0.15, -0.1) is 0 Å². The van der Waals surface area contributed by atoms with Crippen LogP contribution in [0.4, 0.5) is 0 Å². The summed E-state index contributed by atoms with van der Waals surface area (Å²) in [5, 5.41) is 7.81. The molecular weight excluding hydrogens is 264 g/mol. The summed E-state index contributed by atoms with van der Waals surface area (Å²) in [5.74, 6) is 1.49. The minimum absolute atomic E-state index is 0.355. The van der Waals surface area contributed by atoms with Gasteiger partial charge in [-0.05, 0) is 20.0 Å². The summed E-state index contributed by atoms with van der Waals surface area (Å²) in [7, 11) is 1.89.